The number of ketones is 1. The summed E-state index contributed by atoms with van der Waals surface area (Å²) in [6, 6.07) is 12.1. The van der Waals surface area contributed by atoms with Crippen LogP contribution in [0.1, 0.15) is 93.3 Å². The van der Waals surface area contributed by atoms with Gasteiger partial charge >= 0.3 is 18.3 Å². The number of halogens is 8. The fourth-order valence-corrected chi connectivity index (χ4v) is 9.70. The first kappa shape index (κ1) is 69.8. The minimum absolute atomic E-state index is 0.0223. The summed E-state index contributed by atoms with van der Waals surface area (Å²) >= 11 is 11.5. The zero-order valence-electron chi connectivity index (χ0n) is 44.5. The highest BCUT2D eigenvalue weighted by atomic mass is 35.5. The minimum Gasteiger partial charge on any atom is -0.480 e. The topological polar surface area (TPSA) is 323 Å². The van der Waals surface area contributed by atoms with Crippen LogP contribution in [0.5, 0.6) is 11.5 Å². The van der Waals surface area contributed by atoms with Gasteiger partial charge in [-0.25, -0.2) is 21.6 Å². The molecule has 2 amide bonds. The van der Waals surface area contributed by atoms with Crippen molar-refractivity contribution < 1.29 is 95.8 Å². The molecule has 6 rings (SSSR count). The fourth-order valence-electron chi connectivity index (χ4n) is 7.25. The van der Waals surface area contributed by atoms with E-state index in [9.17, 15) is 77.0 Å². The number of nitrogens with one attached hydrogen (secondary N) is 1. The van der Waals surface area contributed by atoms with Gasteiger partial charge in [0.1, 0.15) is 29.0 Å². The van der Waals surface area contributed by atoms with Gasteiger partial charge in [0.2, 0.25) is 15.9 Å². The van der Waals surface area contributed by atoms with Crippen molar-refractivity contribution in [3.63, 3.8) is 0 Å². The number of rotatable bonds is 19. The molecule has 1 fully saturated rings. The first-order chi connectivity index (χ1) is 37.8. The molecule has 32 heteroatoms. The van der Waals surface area contributed by atoms with Gasteiger partial charge in [0.05, 0.1) is 62.3 Å². The predicted octanol–water partition coefficient (Wildman–Crippen LogP) is 9.81. The molecule has 1 aromatic heterocycles. The zero-order valence-corrected chi connectivity index (χ0v) is 48.5. The van der Waals surface area contributed by atoms with Gasteiger partial charge in [-0.1, -0.05) is 41.9 Å². The standard InChI is InChI=1S/C15H10ClF3N2O6S.C15H22ClNO2.C15H12F3NO4S.C5H12NO4P/c1-28(25,26)20-14(22)10-7-9(3-4-12(10)21(23)24)27-13-5-2-8(6-11(13)16)15(17,18)19;1-5-13-8-6-7-11(2)15(13)17(14(18)9-16)12(3)10-19-4;1-24(21,22)12-6-9(15(16,17)18)4-5-10(12)13(20)11-7-19-23-14(11)8-2-3-8;1-11(9,10)3-2-4(6)5(7)8/h2-7H,1H3,(H,20,22);6-8,12H,5,9-10H2,1-4H3;4-8H,2-3H2,1H3;4H,2-3,6H2,1H3,(H,7,8)(H,9,10). The van der Waals surface area contributed by atoms with Crippen molar-refractivity contribution in [2.75, 3.05) is 49.8 Å². The number of nitrogens with zero attached hydrogens (tertiary/aromatic N) is 3. The van der Waals surface area contributed by atoms with Gasteiger partial charge in [-0.15, -0.1) is 11.6 Å². The number of benzene rings is 4. The molecule has 1 aliphatic carbocycles. The molecule has 3 unspecified atom stereocenters. The number of hydrogen-bond acceptors (Lipinski definition) is 16. The van der Waals surface area contributed by atoms with Crippen LogP contribution in [0.25, 0.3) is 0 Å². The Morgan fingerprint density at radius 3 is 2.05 bits per heavy atom. The summed E-state index contributed by atoms with van der Waals surface area (Å²) in [6.07, 6.45) is -4.21. The molecule has 0 saturated heterocycles. The monoisotopic (exact) mass is 1260 g/mol. The van der Waals surface area contributed by atoms with Gasteiger partial charge < -0.3 is 34.6 Å². The number of nitrogens with two attached hydrogens (primary N) is 1. The van der Waals surface area contributed by atoms with Crippen LogP contribution in [0.15, 0.2) is 88.4 Å². The molecule has 5 aromatic rings. The number of nitro groups is 1. The number of carbonyl (C=O) groups excluding carboxylic acids is 3. The highest BCUT2D eigenvalue weighted by molar-refractivity contribution is 7.90. The lowest BCUT2D eigenvalue weighted by molar-refractivity contribution is -0.385. The van der Waals surface area contributed by atoms with Crippen molar-refractivity contribution in [3.8, 4) is 11.5 Å². The molecule has 0 aliphatic heterocycles. The minimum atomic E-state index is -4.71. The van der Waals surface area contributed by atoms with E-state index in [1.165, 1.54) is 12.9 Å². The third-order valence-electron chi connectivity index (χ3n) is 11.3. The Bertz CT molecular complexity index is 3410. The Morgan fingerprint density at radius 1 is 0.963 bits per heavy atom. The lowest BCUT2D eigenvalue weighted by Gasteiger charge is -2.31. The first-order valence-electron chi connectivity index (χ1n) is 23.7. The van der Waals surface area contributed by atoms with E-state index in [0.717, 1.165) is 72.7 Å². The molecule has 1 aliphatic rings. The maximum absolute atomic E-state index is 12.8. The van der Waals surface area contributed by atoms with Gasteiger partial charge in [0, 0.05) is 49.8 Å². The molecule has 0 spiro atoms. The van der Waals surface area contributed by atoms with Crippen molar-refractivity contribution in [1.82, 2.24) is 9.88 Å². The number of methoxy groups -OCH3 is 1. The third kappa shape index (κ3) is 21.1. The van der Waals surface area contributed by atoms with Crippen LogP contribution < -0.4 is 20.1 Å². The van der Waals surface area contributed by atoms with Gasteiger partial charge in [-0.3, -0.25) is 33.9 Å². The van der Waals surface area contributed by atoms with E-state index < -0.39 is 101 Å². The van der Waals surface area contributed by atoms with Crippen LogP contribution in [0.2, 0.25) is 5.02 Å². The van der Waals surface area contributed by atoms with Crippen LogP contribution in [0.4, 0.5) is 37.7 Å². The highest BCUT2D eigenvalue weighted by Crippen LogP contribution is 2.43. The van der Waals surface area contributed by atoms with Gasteiger partial charge in [0.15, 0.2) is 28.7 Å². The van der Waals surface area contributed by atoms with Gasteiger partial charge in [-0.2, -0.15) is 26.3 Å². The number of alkyl halides is 7. The average molecular weight is 1260 g/mol. The number of carboxylic acid groups (broad SMARTS) is 1. The second-order valence-electron chi connectivity index (χ2n) is 18.2. The number of anilines is 1. The van der Waals surface area contributed by atoms with Crippen LogP contribution >= 0.6 is 30.6 Å². The molecular formula is C50H56Cl2F6N5O16PS2. The van der Waals surface area contributed by atoms with Crippen molar-refractivity contribution in [2.45, 2.75) is 81.7 Å². The van der Waals surface area contributed by atoms with Crippen molar-refractivity contribution in [3.05, 3.63) is 139 Å². The maximum Gasteiger partial charge on any atom is 0.416 e. The Labute approximate surface area is 476 Å². The molecule has 0 bridgehead atoms. The molecular weight excluding hydrogens is 1210 g/mol. The van der Waals surface area contributed by atoms with E-state index in [1.54, 1.807) is 16.7 Å². The second kappa shape index (κ2) is 29.2. The number of aliphatic carboxylic acids is 1. The van der Waals surface area contributed by atoms with Crippen LogP contribution in [-0.4, -0.2) is 118 Å². The molecule has 5 N–H and O–H groups in total. The number of aromatic nitrogens is 1. The van der Waals surface area contributed by atoms with E-state index in [0.29, 0.717) is 42.9 Å². The molecule has 1 saturated carbocycles. The summed E-state index contributed by atoms with van der Waals surface area (Å²) in [5, 5.41) is 22.5. The number of sulfone groups is 1. The molecule has 0 radical (unpaired) electrons. The summed E-state index contributed by atoms with van der Waals surface area (Å²) in [6.45, 7) is 7.74. The van der Waals surface area contributed by atoms with Crippen molar-refractivity contribution >= 4 is 85.4 Å². The van der Waals surface area contributed by atoms with Gasteiger partial charge in [0.25, 0.3) is 11.6 Å². The Balaban J connectivity index is 0.000000300. The van der Waals surface area contributed by atoms with Crippen molar-refractivity contribution in [1.29, 1.82) is 0 Å². The smallest absolute Gasteiger partial charge is 0.416 e. The maximum atomic E-state index is 12.8. The number of ether oxygens (including phenoxy) is 2. The lowest BCUT2D eigenvalue weighted by atomic mass is 10.0. The Hall–Kier alpha value is -6.46. The Morgan fingerprint density at radius 2 is 1.56 bits per heavy atom. The quantitative estimate of drug-likeness (QED) is 0.0149. The number of carbonyl (C=O) groups is 4. The second-order valence-corrected chi connectivity index (χ2v) is 25.2. The van der Waals surface area contributed by atoms with Crippen molar-refractivity contribution in [2.24, 2.45) is 5.73 Å². The van der Waals surface area contributed by atoms with Gasteiger partial charge in [-0.05, 0) is 93.1 Å². The molecule has 3 atom stereocenters. The number of carboxylic acids is 1. The molecule has 21 nitrogen and oxygen atoms in total. The SMILES string of the molecule is CCc1cccc(C)c1N(C(=O)CCl)C(C)COC.CP(=O)(O)CCC(N)C(=O)O.CS(=O)(=O)NC(=O)c1cc(Oc2ccc(C(F)(F)F)cc2Cl)ccc1[N+](=O)[O-].CS(=O)(=O)c1cc(C(F)(F)F)ccc1C(=O)c1cnoc1C1CC1. The zero-order chi connectivity index (χ0) is 62.5. The third-order valence-corrected chi connectivity index (χ3v) is 14.6. The first-order valence-corrected chi connectivity index (χ1v) is 30.7. The highest BCUT2D eigenvalue weighted by Gasteiger charge is 2.37. The molecule has 4 aromatic carbocycles. The lowest BCUT2D eigenvalue weighted by Crippen LogP contribution is -2.43. The normalized spacial score (nSPS) is 13.9. The number of hydrogen-bond donors (Lipinski definition) is 4. The number of aryl methyl sites for hydroxylation is 2. The average Bonchev–Trinajstić information content (AvgIpc) is 4.28. The molecule has 1 heterocycles. The summed E-state index contributed by atoms with van der Waals surface area (Å²) in [5.74, 6) is -3.25. The number of nitro benzene ring substituents is 1. The van der Waals surface area contributed by atoms with E-state index in [2.05, 4.69) is 18.1 Å². The number of sulfonamides is 1. The number of para-hydroxylation sites is 1. The number of amides is 2. The Kier molecular flexibility index (Phi) is 24.8. The van der Waals surface area contributed by atoms with Crippen LogP contribution in [0, 0.1) is 17.0 Å². The van der Waals surface area contributed by atoms with E-state index >= 15 is 0 Å². The predicted molar refractivity (Wildman–Crippen MR) is 289 cm³/mol. The van der Waals surface area contributed by atoms with Crippen LogP contribution in [0.3, 0.4) is 0 Å². The summed E-state index contributed by atoms with van der Waals surface area (Å²) in [5.41, 5.74) is 4.59. The summed E-state index contributed by atoms with van der Waals surface area (Å²) in [4.78, 5) is 67.0. The van der Waals surface area contributed by atoms with Crippen LogP contribution in [-0.2, 0) is 57.5 Å². The van der Waals surface area contributed by atoms with E-state index in [-0.39, 0.29) is 59.0 Å². The summed E-state index contributed by atoms with van der Waals surface area (Å²) in [7, 11) is -9.51. The molecule has 82 heavy (non-hydrogen) atoms. The van der Waals surface area contributed by atoms with E-state index in [4.69, 9.17) is 52.9 Å². The molecule has 450 valence electrons. The largest absolute Gasteiger partial charge is 0.480 e. The van der Waals surface area contributed by atoms with E-state index in [1.807, 2.05) is 26.0 Å². The fraction of sp³-hybridized carbons (Fsp3) is 0.380. The summed E-state index contributed by atoms with van der Waals surface area (Å²) < 4.78 is 150.